The number of aromatic nitrogens is 2. The van der Waals surface area contributed by atoms with Gasteiger partial charge in [-0.1, -0.05) is 23.7 Å². The van der Waals surface area contributed by atoms with Crippen LogP contribution >= 0.6 is 22.9 Å². The quantitative estimate of drug-likeness (QED) is 0.541. The lowest BCUT2D eigenvalue weighted by Crippen LogP contribution is -2.14. The number of anilines is 1. The first-order valence-electron chi connectivity index (χ1n) is 7.82. The topological polar surface area (TPSA) is 55.6 Å². The summed E-state index contributed by atoms with van der Waals surface area (Å²) in [6.07, 6.45) is 1.86. The number of para-hydroxylation sites is 1. The van der Waals surface area contributed by atoms with Crippen LogP contribution < -0.4 is 10.1 Å². The monoisotopic (exact) mass is 383 g/mol. The highest BCUT2D eigenvalue weighted by molar-refractivity contribution is 7.15. The summed E-state index contributed by atoms with van der Waals surface area (Å²) in [4.78, 5) is 18.0. The second-order valence-corrected chi connectivity index (χ2v) is 6.81. The van der Waals surface area contributed by atoms with Gasteiger partial charge in [-0.15, -0.1) is 11.3 Å². The molecule has 26 heavy (non-hydrogen) atoms. The van der Waals surface area contributed by atoms with Crippen molar-refractivity contribution >= 4 is 39.5 Å². The molecule has 0 fully saturated rings. The van der Waals surface area contributed by atoms with Crippen LogP contribution in [0.1, 0.15) is 10.5 Å². The van der Waals surface area contributed by atoms with Gasteiger partial charge in [0.05, 0.1) is 23.5 Å². The molecule has 0 aliphatic carbocycles. The third-order valence-corrected chi connectivity index (χ3v) is 5.12. The van der Waals surface area contributed by atoms with Crippen LogP contribution in [0.15, 0.2) is 60.1 Å². The number of imidazole rings is 1. The van der Waals surface area contributed by atoms with Crippen LogP contribution in [-0.2, 0) is 0 Å². The van der Waals surface area contributed by atoms with E-state index in [0.717, 1.165) is 22.0 Å². The Hall–Kier alpha value is -2.83. The molecule has 1 amide bonds. The molecule has 0 spiro atoms. The van der Waals surface area contributed by atoms with Crippen molar-refractivity contribution in [3.8, 4) is 17.0 Å². The summed E-state index contributed by atoms with van der Waals surface area (Å²) in [5.74, 6) is 0.553. The van der Waals surface area contributed by atoms with Gasteiger partial charge in [0, 0.05) is 17.1 Å². The Labute approximate surface area is 158 Å². The summed E-state index contributed by atoms with van der Waals surface area (Å²) in [6, 6.07) is 14.8. The van der Waals surface area contributed by atoms with Gasteiger partial charge in [-0.3, -0.25) is 9.20 Å². The molecule has 0 aliphatic heterocycles. The highest BCUT2D eigenvalue weighted by Crippen LogP contribution is 2.26. The number of methoxy groups -OCH3 is 1. The molecule has 0 aliphatic rings. The van der Waals surface area contributed by atoms with Crippen LogP contribution in [0.4, 0.5) is 5.69 Å². The number of fused-ring (bicyclic) bond motifs is 1. The van der Waals surface area contributed by atoms with Crippen molar-refractivity contribution in [2.24, 2.45) is 0 Å². The number of ether oxygens (including phenoxy) is 1. The number of amides is 1. The highest BCUT2D eigenvalue weighted by atomic mass is 35.5. The summed E-state index contributed by atoms with van der Waals surface area (Å²) in [5.41, 5.74) is 2.84. The molecule has 2 aromatic carbocycles. The summed E-state index contributed by atoms with van der Waals surface area (Å²) >= 11 is 7.53. The summed E-state index contributed by atoms with van der Waals surface area (Å²) < 4.78 is 6.97. The van der Waals surface area contributed by atoms with Gasteiger partial charge in [-0.2, -0.15) is 0 Å². The van der Waals surface area contributed by atoms with Crippen molar-refractivity contribution in [2.45, 2.75) is 0 Å². The van der Waals surface area contributed by atoms with E-state index in [9.17, 15) is 4.79 Å². The summed E-state index contributed by atoms with van der Waals surface area (Å²) in [7, 11) is 1.63. The van der Waals surface area contributed by atoms with Crippen molar-refractivity contribution in [1.29, 1.82) is 0 Å². The number of hydrogen-bond acceptors (Lipinski definition) is 4. The van der Waals surface area contributed by atoms with Gasteiger partial charge in [0.2, 0.25) is 0 Å². The fraction of sp³-hybridized carbons (Fsp3) is 0.0526. The summed E-state index contributed by atoms with van der Waals surface area (Å²) in [5, 5.41) is 5.12. The number of rotatable bonds is 4. The van der Waals surface area contributed by atoms with Crippen LogP contribution in [0, 0.1) is 0 Å². The average Bonchev–Trinajstić information content (AvgIpc) is 3.24. The second-order valence-electron chi connectivity index (χ2n) is 5.56. The zero-order chi connectivity index (χ0) is 18.1. The first-order valence-corrected chi connectivity index (χ1v) is 9.08. The summed E-state index contributed by atoms with van der Waals surface area (Å²) in [6.45, 7) is 0. The first-order chi connectivity index (χ1) is 12.7. The fourth-order valence-corrected chi connectivity index (χ4v) is 3.63. The lowest BCUT2D eigenvalue weighted by Gasteiger charge is -2.06. The van der Waals surface area contributed by atoms with Crippen LogP contribution in [0.3, 0.4) is 0 Å². The Balaban J connectivity index is 1.65. The van der Waals surface area contributed by atoms with E-state index in [1.54, 1.807) is 29.0 Å². The fourth-order valence-electron chi connectivity index (χ4n) is 2.60. The predicted octanol–water partition coefficient (Wildman–Crippen LogP) is 4.98. The number of hydrogen-bond donors (Lipinski definition) is 1. The maximum atomic E-state index is 12.6. The molecular formula is C19H14ClN3O2S. The van der Waals surface area contributed by atoms with Crippen molar-refractivity contribution in [2.75, 3.05) is 12.4 Å². The minimum Gasteiger partial charge on any atom is -0.497 e. The first kappa shape index (κ1) is 16.6. The number of halogens is 1. The van der Waals surface area contributed by atoms with Gasteiger partial charge in [0.25, 0.3) is 5.91 Å². The van der Waals surface area contributed by atoms with Crippen LogP contribution in [-0.4, -0.2) is 22.4 Å². The molecule has 0 unspecified atom stereocenters. The Morgan fingerprint density at radius 2 is 1.96 bits per heavy atom. The van der Waals surface area contributed by atoms with E-state index in [1.807, 2.05) is 42.6 Å². The molecule has 4 aromatic rings. The minimum atomic E-state index is -0.233. The molecular weight excluding hydrogens is 370 g/mol. The highest BCUT2D eigenvalue weighted by Gasteiger charge is 2.16. The number of nitrogens with one attached hydrogen (secondary N) is 1. The zero-order valence-electron chi connectivity index (χ0n) is 13.8. The van der Waals surface area contributed by atoms with Crippen molar-refractivity contribution < 1.29 is 9.53 Å². The SMILES string of the molecule is COc1ccc(-c2cn3c(C(=O)Nc4ccccc4Cl)csc3n2)cc1. The normalized spacial score (nSPS) is 10.8. The van der Waals surface area contributed by atoms with Gasteiger partial charge < -0.3 is 10.1 Å². The van der Waals surface area contributed by atoms with E-state index in [0.29, 0.717) is 16.4 Å². The number of benzene rings is 2. The van der Waals surface area contributed by atoms with Crippen molar-refractivity contribution in [3.05, 3.63) is 70.8 Å². The third kappa shape index (κ3) is 3.05. The smallest absolute Gasteiger partial charge is 0.273 e. The van der Waals surface area contributed by atoms with E-state index < -0.39 is 0 Å². The number of carbonyl (C=O) groups is 1. The molecule has 7 heteroatoms. The Morgan fingerprint density at radius 3 is 2.69 bits per heavy atom. The van der Waals surface area contributed by atoms with Gasteiger partial charge in [0.1, 0.15) is 11.4 Å². The largest absolute Gasteiger partial charge is 0.497 e. The lowest BCUT2D eigenvalue weighted by molar-refractivity contribution is 0.102. The predicted molar refractivity (Wildman–Crippen MR) is 104 cm³/mol. The van der Waals surface area contributed by atoms with E-state index in [4.69, 9.17) is 16.3 Å². The van der Waals surface area contributed by atoms with Crippen molar-refractivity contribution in [3.63, 3.8) is 0 Å². The third-order valence-electron chi connectivity index (χ3n) is 3.95. The minimum absolute atomic E-state index is 0.233. The molecule has 2 aromatic heterocycles. The standard InChI is InChI=1S/C19H14ClN3O2S/c1-25-13-8-6-12(7-9-13)16-10-23-17(11-26-19(23)22-16)18(24)21-15-5-3-2-4-14(15)20/h2-11H,1H3,(H,21,24). The number of thiazole rings is 1. The Kier molecular flexibility index (Phi) is 4.36. The van der Waals surface area contributed by atoms with Gasteiger partial charge in [0.15, 0.2) is 4.96 Å². The number of carbonyl (C=O) groups excluding carboxylic acids is 1. The maximum absolute atomic E-state index is 12.6. The molecule has 130 valence electrons. The molecule has 0 bridgehead atoms. The number of nitrogens with zero attached hydrogens (tertiary/aromatic N) is 2. The van der Waals surface area contributed by atoms with Crippen LogP contribution in [0.25, 0.3) is 16.2 Å². The lowest BCUT2D eigenvalue weighted by atomic mass is 10.2. The molecule has 2 heterocycles. The Bertz CT molecular complexity index is 1090. The molecule has 0 radical (unpaired) electrons. The van der Waals surface area contributed by atoms with Gasteiger partial charge in [-0.25, -0.2) is 4.98 Å². The van der Waals surface area contributed by atoms with E-state index in [1.165, 1.54) is 11.3 Å². The van der Waals surface area contributed by atoms with Crippen LogP contribution in [0.2, 0.25) is 5.02 Å². The second kappa shape index (κ2) is 6.82. The molecule has 4 rings (SSSR count). The molecule has 0 saturated heterocycles. The average molecular weight is 384 g/mol. The zero-order valence-corrected chi connectivity index (χ0v) is 15.3. The van der Waals surface area contributed by atoms with Gasteiger partial charge >= 0.3 is 0 Å². The molecule has 0 saturated carbocycles. The van der Waals surface area contributed by atoms with Crippen LogP contribution in [0.5, 0.6) is 5.75 Å². The maximum Gasteiger partial charge on any atom is 0.273 e. The Morgan fingerprint density at radius 1 is 1.19 bits per heavy atom. The van der Waals surface area contributed by atoms with E-state index in [-0.39, 0.29) is 5.91 Å². The van der Waals surface area contributed by atoms with E-state index in [2.05, 4.69) is 10.3 Å². The van der Waals surface area contributed by atoms with E-state index >= 15 is 0 Å². The van der Waals surface area contributed by atoms with Gasteiger partial charge in [-0.05, 0) is 36.4 Å². The van der Waals surface area contributed by atoms with Crippen molar-refractivity contribution in [1.82, 2.24) is 9.38 Å². The molecule has 0 atom stereocenters. The molecule has 5 nitrogen and oxygen atoms in total. The molecule has 1 N–H and O–H groups in total.